The lowest BCUT2D eigenvalue weighted by atomic mass is 10.1. The highest BCUT2D eigenvalue weighted by atomic mass is 79.9. The normalized spacial score (nSPS) is 15.3. The van der Waals surface area contributed by atoms with E-state index in [1.165, 1.54) is 6.07 Å². The van der Waals surface area contributed by atoms with Crippen molar-refractivity contribution in [1.29, 1.82) is 0 Å². The number of halogens is 1. The molecule has 2 N–H and O–H groups in total. The fraction of sp³-hybridized carbons (Fsp3) is 0.538. The van der Waals surface area contributed by atoms with Crippen LogP contribution in [0.15, 0.2) is 27.6 Å². The molecule has 0 aliphatic rings. The first kappa shape index (κ1) is 17.6. The third-order valence-corrected chi connectivity index (χ3v) is 5.03. The highest BCUT2D eigenvalue weighted by Crippen LogP contribution is 2.20. The molecule has 114 valence electrons. The molecular weight excluding hydrogens is 344 g/mol. The molecule has 0 aliphatic heterocycles. The zero-order chi connectivity index (χ0) is 15.6. The van der Waals surface area contributed by atoms with Crippen LogP contribution < -0.4 is 4.72 Å². The SMILES string of the molecule is Cc1cc(S(=O)(=O)NCC(C)(O)CN(C)C)ccc1Br. The number of hydrogen-bond donors (Lipinski definition) is 2. The first-order valence-electron chi connectivity index (χ1n) is 6.16. The Bertz CT molecular complexity index is 571. The van der Waals surface area contributed by atoms with Crippen molar-refractivity contribution >= 4 is 26.0 Å². The fourth-order valence-corrected chi connectivity index (χ4v) is 3.35. The number of aryl methyl sites for hydroxylation is 1. The predicted octanol–water partition coefficient (Wildman–Crippen LogP) is 1.35. The molecule has 5 nitrogen and oxygen atoms in total. The van der Waals surface area contributed by atoms with Crippen molar-refractivity contribution in [2.45, 2.75) is 24.3 Å². The summed E-state index contributed by atoms with van der Waals surface area (Å²) < 4.78 is 27.7. The van der Waals surface area contributed by atoms with Crippen LogP contribution in [0, 0.1) is 6.92 Å². The first-order valence-corrected chi connectivity index (χ1v) is 8.44. The summed E-state index contributed by atoms with van der Waals surface area (Å²) in [4.78, 5) is 2.00. The molecule has 0 saturated carbocycles. The maximum absolute atomic E-state index is 12.2. The summed E-state index contributed by atoms with van der Waals surface area (Å²) in [5.41, 5.74) is -0.283. The van der Waals surface area contributed by atoms with E-state index in [1.54, 1.807) is 24.0 Å². The second kappa shape index (κ2) is 6.53. The second-order valence-electron chi connectivity index (χ2n) is 5.47. The molecule has 1 aromatic carbocycles. The fourth-order valence-electron chi connectivity index (χ4n) is 1.86. The molecule has 1 unspecified atom stereocenters. The van der Waals surface area contributed by atoms with Crippen LogP contribution in [0.4, 0.5) is 0 Å². The van der Waals surface area contributed by atoms with Crippen LogP contribution in [0.1, 0.15) is 12.5 Å². The summed E-state index contributed by atoms with van der Waals surface area (Å²) in [6.45, 7) is 3.76. The summed E-state index contributed by atoms with van der Waals surface area (Å²) in [5, 5.41) is 10.1. The van der Waals surface area contributed by atoms with Gasteiger partial charge in [0.15, 0.2) is 0 Å². The van der Waals surface area contributed by atoms with Gasteiger partial charge in [-0.25, -0.2) is 13.1 Å². The van der Waals surface area contributed by atoms with E-state index in [9.17, 15) is 13.5 Å². The molecule has 1 rings (SSSR count). The van der Waals surface area contributed by atoms with Gasteiger partial charge in [0, 0.05) is 17.6 Å². The predicted molar refractivity (Wildman–Crippen MR) is 83.2 cm³/mol. The summed E-state index contributed by atoms with van der Waals surface area (Å²) in [5.74, 6) is 0. The van der Waals surface area contributed by atoms with Crippen LogP contribution in [0.5, 0.6) is 0 Å². The minimum atomic E-state index is -3.62. The van der Waals surface area contributed by atoms with Crippen molar-refractivity contribution in [2.24, 2.45) is 0 Å². The standard InChI is InChI=1S/C13H21BrN2O3S/c1-10-7-11(5-6-12(10)14)20(18,19)15-8-13(2,17)9-16(3)4/h5-7,15,17H,8-9H2,1-4H3. The van der Waals surface area contributed by atoms with E-state index < -0.39 is 15.6 Å². The van der Waals surface area contributed by atoms with Crippen molar-refractivity contribution in [1.82, 2.24) is 9.62 Å². The number of likely N-dealkylation sites (N-methyl/N-ethyl adjacent to an activating group) is 1. The van der Waals surface area contributed by atoms with Crippen LogP contribution in [0.3, 0.4) is 0 Å². The number of hydrogen-bond acceptors (Lipinski definition) is 4. The maximum atomic E-state index is 12.2. The number of sulfonamides is 1. The lowest BCUT2D eigenvalue weighted by Crippen LogP contribution is -2.47. The summed E-state index contributed by atoms with van der Waals surface area (Å²) in [7, 11) is 0.0231. The quantitative estimate of drug-likeness (QED) is 0.799. The third kappa shape index (κ3) is 5.14. The molecule has 0 bridgehead atoms. The van der Waals surface area contributed by atoms with Gasteiger partial charge < -0.3 is 10.0 Å². The van der Waals surface area contributed by atoms with Gasteiger partial charge >= 0.3 is 0 Å². The van der Waals surface area contributed by atoms with Crippen LogP contribution in [-0.2, 0) is 10.0 Å². The number of benzene rings is 1. The molecule has 0 aromatic heterocycles. The molecule has 0 fully saturated rings. The maximum Gasteiger partial charge on any atom is 0.240 e. The summed E-state index contributed by atoms with van der Waals surface area (Å²) in [6.07, 6.45) is 0. The van der Waals surface area contributed by atoms with Crippen LogP contribution >= 0.6 is 15.9 Å². The Balaban J connectivity index is 2.82. The number of rotatable bonds is 6. The van der Waals surface area contributed by atoms with Gasteiger partial charge in [-0.3, -0.25) is 0 Å². The van der Waals surface area contributed by atoms with E-state index in [4.69, 9.17) is 0 Å². The van der Waals surface area contributed by atoms with E-state index in [1.807, 2.05) is 21.0 Å². The molecule has 0 spiro atoms. The molecule has 1 atom stereocenters. The van der Waals surface area contributed by atoms with Gasteiger partial charge in [-0.05, 0) is 51.7 Å². The van der Waals surface area contributed by atoms with Crippen LogP contribution in [0.2, 0.25) is 0 Å². The van der Waals surface area contributed by atoms with E-state index in [0.29, 0.717) is 6.54 Å². The van der Waals surface area contributed by atoms with Gasteiger partial charge in [-0.2, -0.15) is 0 Å². The molecule has 0 radical (unpaired) electrons. The molecule has 0 saturated heterocycles. The van der Waals surface area contributed by atoms with Crippen molar-refractivity contribution < 1.29 is 13.5 Å². The number of aliphatic hydroxyl groups is 1. The Morgan fingerprint density at radius 1 is 1.40 bits per heavy atom. The molecule has 0 aliphatic carbocycles. The molecular formula is C13H21BrN2O3S. The second-order valence-corrected chi connectivity index (χ2v) is 8.09. The van der Waals surface area contributed by atoms with Crippen molar-refractivity contribution in [3.8, 4) is 0 Å². The molecule has 0 heterocycles. The highest BCUT2D eigenvalue weighted by Gasteiger charge is 2.25. The van der Waals surface area contributed by atoms with Gasteiger partial charge in [-0.15, -0.1) is 0 Å². The van der Waals surface area contributed by atoms with Gasteiger partial charge in [0.2, 0.25) is 10.0 Å². The van der Waals surface area contributed by atoms with E-state index in [-0.39, 0.29) is 11.4 Å². The Morgan fingerprint density at radius 2 is 2.00 bits per heavy atom. The molecule has 7 heteroatoms. The monoisotopic (exact) mass is 364 g/mol. The van der Waals surface area contributed by atoms with E-state index >= 15 is 0 Å². The van der Waals surface area contributed by atoms with Crippen LogP contribution in [-0.4, -0.2) is 51.2 Å². The average Bonchev–Trinajstić information content (AvgIpc) is 2.29. The van der Waals surface area contributed by atoms with Gasteiger partial charge in [0.1, 0.15) is 0 Å². The Hall–Kier alpha value is -0.470. The van der Waals surface area contributed by atoms with Crippen molar-refractivity contribution in [2.75, 3.05) is 27.2 Å². The first-order chi connectivity index (χ1) is 9.03. The molecule has 0 amide bonds. The molecule has 1 aromatic rings. The van der Waals surface area contributed by atoms with E-state index in [0.717, 1.165) is 10.0 Å². The Morgan fingerprint density at radius 3 is 2.50 bits per heavy atom. The minimum Gasteiger partial charge on any atom is -0.387 e. The summed E-state index contributed by atoms with van der Waals surface area (Å²) >= 11 is 3.33. The highest BCUT2D eigenvalue weighted by molar-refractivity contribution is 9.10. The molecule has 20 heavy (non-hydrogen) atoms. The lowest BCUT2D eigenvalue weighted by Gasteiger charge is -2.27. The third-order valence-electron chi connectivity index (χ3n) is 2.74. The van der Waals surface area contributed by atoms with Crippen molar-refractivity contribution in [3.63, 3.8) is 0 Å². The Labute approximate surface area is 129 Å². The van der Waals surface area contributed by atoms with Gasteiger partial charge in [0.25, 0.3) is 0 Å². The number of nitrogens with one attached hydrogen (secondary N) is 1. The van der Waals surface area contributed by atoms with Gasteiger partial charge in [0.05, 0.1) is 10.5 Å². The zero-order valence-electron chi connectivity index (χ0n) is 12.1. The van der Waals surface area contributed by atoms with Crippen LogP contribution in [0.25, 0.3) is 0 Å². The number of nitrogens with zero attached hydrogens (tertiary/aromatic N) is 1. The smallest absolute Gasteiger partial charge is 0.240 e. The van der Waals surface area contributed by atoms with E-state index in [2.05, 4.69) is 20.7 Å². The largest absolute Gasteiger partial charge is 0.387 e. The average molecular weight is 365 g/mol. The zero-order valence-corrected chi connectivity index (χ0v) is 14.5. The Kier molecular flexibility index (Phi) is 5.74. The summed E-state index contributed by atoms with van der Waals surface area (Å²) in [6, 6.07) is 4.81. The van der Waals surface area contributed by atoms with Gasteiger partial charge in [-0.1, -0.05) is 15.9 Å². The lowest BCUT2D eigenvalue weighted by molar-refractivity contribution is 0.0386. The van der Waals surface area contributed by atoms with Crippen molar-refractivity contribution in [3.05, 3.63) is 28.2 Å². The minimum absolute atomic E-state index is 0.0391. The topological polar surface area (TPSA) is 69.6 Å².